The number of nitrogens with one attached hydrogen (secondary N) is 1. The number of sulfonamides is 1. The summed E-state index contributed by atoms with van der Waals surface area (Å²) in [6.45, 7) is 0.173. The molecule has 2 rings (SSSR count). The Hall–Kier alpha value is -0.730. The number of halogens is 1. The van der Waals surface area contributed by atoms with Crippen LogP contribution in [0.1, 0.15) is 10.4 Å². The predicted molar refractivity (Wildman–Crippen MR) is 83.3 cm³/mol. The molecule has 20 heavy (non-hydrogen) atoms. The Kier molecular flexibility index (Phi) is 5.34. The molecular formula is C13H14BrNO3S2. The molecule has 2 aromatic rings. The van der Waals surface area contributed by atoms with Crippen molar-refractivity contribution in [1.29, 1.82) is 0 Å². The Balaban J connectivity index is 2.02. The molecule has 0 fully saturated rings. The van der Waals surface area contributed by atoms with Gasteiger partial charge in [-0.3, -0.25) is 0 Å². The number of aliphatic hydroxyl groups excluding tert-OH is 1. The zero-order valence-corrected chi connectivity index (χ0v) is 13.8. The Morgan fingerprint density at radius 1 is 1.25 bits per heavy atom. The molecule has 2 N–H and O–H groups in total. The first-order valence-electron chi connectivity index (χ1n) is 5.95. The lowest BCUT2D eigenvalue weighted by molar-refractivity contribution is 0.285. The van der Waals surface area contributed by atoms with E-state index >= 15 is 0 Å². The summed E-state index contributed by atoms with van der Waals surface area (Å²) < 4.78 is 27.4. The van der Waals surface area contributed by atoms with Gasteiger partial charge >= 0.3 is 0 Å². The van der Waals surface area contributed by atoms with Crippen LogP contribution >= 0.6 is 27.3 Å². The van der Waals surface area contributed by atoms with Gasteiger partial charge in [-0.25, -0.2) is 13.1 Å². The topological polar surface area (TPSA) is 66.4 Å². The highest BCUT2D eigenvalue weighted by atomic mass is 79.9. The maximum Gasteiger partial charge on any atom is 0.242 e. The van der Waals surface area contributed by atoms with Crippen molar-refractivity contribution < 1.29 is 13.5 Å². The number of hydrogen-bond donors (Lipinski definition) is 2. The summed E-state index contributed by atoms with van der Waals surface area (Å²) in [5.41, 5.74) is 1.08. The highest BCUT2D eigenvalue weighted by Gasteiger charge is 2.20. The van der Waals surface area contributed by atoms with Crippen LogP contribution in [0.5, 0.6) is 0 Å². The molecule has 7 heteroatoms. The van der Waals surface area contributed by atoms with Crippen LogP contribution in [-0.2, 0) is 23.1 Å². The van der Waals surface area contributed by atoms with Gasteiger partial charge in [-0.1, -0.05) is 30.3 Å². The van der Waals surface area contributed by atoms with Gasteiger partial charge < -0.3 is 5.11 Å². The molecule has 0 bridgehead atoms. The van der Waals surface area contributed by atoms with E-state index in [1.54, 1.807) is 0 Å². The third kappa shape index (κ3) is 3.89. The Labute approximate surface area is 130 Å². The average molecular weight is 376 g/mol. The van der Waals surface area contributed by atoms with Crippen molar-refractivity contribution in [2.75, 3.05) is 6.54 Å². The van der Waals surface area contributed by atoms with Crippen LogP contribution in [0.2, 0.25) is 0 Å². The molecule has 0 unspecified atom stereocenters. The number of rotatable bonds is 6. The SMILES string of the molecule is O=S(=O)(NCCc1ccccc1)c1cc(CO)sc1Br. The number of benzene rings is 1. The summed E-state index contributed by atoms with van der Waals surface area (Å²) in [6, 6.07) is 11.2. The Bertz CT molecular complexity index is 668. The van der Waals surface area contributed by atoms with Crippen LogP contribution in [0.4, 0.5) is 0 Å². The molecule has 108 valence electrons. The second-order valence-corrected chi connectivity index (χ2v) is 8.33. The minimum absolute atomic E-state index is 0.164. The van der Waals surface area contributed by atoms with Crippen LogP contribution in [0.15, 0.2) is 45.1 Å². The summed E-state index contributed by atoms with van der Waals surface area (Å²) in [6.07, 6.45) is 0.634. The lowest BCUT2D eigenvalue weighted by Gasteiger charge is -2.05. The fourth-order valence-corrected chi connectivity index (χ4v) is 5.28. The van der Waals surface area contributed by atoms with Crippen LogP contribution < -0.4 is 4.72 Å². The van der Waals surface area contributed by atoms with E-state index in [0.717, 1.165) is 5.56 Å². The number of thiophene rings is 1. The lowest BCUT2D eigenvalue weighted by atomic mass is 10.2. The van der Waals surface area contributed by atoms with Gasteiger partial charge in [-0.2, -0.15) is 0 Å². The summed E-state index contributed by atoms with van der Waals surface area (Å²) in [5, 5.41) is 9.04. The highest BCUT2D eigenvalue weighted by molar-refractivity contribution is 9.11. The monoisotopic (exact) mass is 375 g/mol. The van der Waals surface area contributed by atoms with Crippen molar-refractivity contribution in [3.63, 3.8) is 0 Å². The molecule has 0 aliphatic heterocycles. The van der Waals surface area contributed by atoms with Crippen LogP contribution in [0, 0.1) is 0 Å². The van der Waals surface area contributed by atoms with E-state index < -0.39 is 10.0 Å². The minimum atomic E-state index is -3.55. The molecule has 0 aliphatic carbocycles. The number of aliphatic hydroxyl groups is 1. The fourth-order valence-electron chi connectivity index (χ4n) is 1.71. The predicted octanol–water partition coefficient (Wildman–Crippen LogP) is 2.52. The van der Waals surface area contributed by atoms with Crippen LogP contribution in [0.25, 0.3) is 0 Å². The summed E-state index contributed by atoms with van der Waals surface area (Å²) in [5.74, 6) is 0. The Morgan fingerprint density at radius 3 is 2.55 bits per heavy atom. The summed E-state index contributed by atoms with van der Waals surface area (Å²) in [7, 11) is -3.55. The third-order valence-electron chi connectivity index (χ3n) is 2.70. The van der Waals surface area contributed by atoms with Gasteiger partial charge in [0.05, 0.1) is 10.4 Å². The molecule has 0 saturated heterocycles. The smallest absolute Gasteiger partial charge is 0.242 e. The van der Waals surface area contributed by atoms with Crippen LogP contribution in [-0.4, -0.2) is 20.1 Å². The third-order valence-corrected chi connectivity index (χ3v) is 6.40. The molecule has 0 amide bonds. The lowest BCUT2D eigenvalue weighted by Crippen LogP contribution is -2.25. The fraction of sp³-hybridized carbons (Fsp3) is 0.231. The molecule has 0 atom stereocenters. The zero-order valence-electron chi connectivity index (χ0n) is 10.5. The molecule has 1 heterocycles. The van der Waals surface area contributed by atoms with E-state index in [1.165, 1.54) is 17.4 Å². The van der Waals surface area contributed by atoms with Gasteiger partial charge in [-0.05, 0) is 34.0 Å². The highest BCUT2D eigenvalue weighted by Crippen LogP contribution is 2.31. The maximum absolute atomic E-state index is 12.2. The van der Waals surface area contributed by atoms with E-state index in [-0.39, 0.29) is 11.5 Å². The van der Waals surface area contributed by atoms with Gasteiger partial charge in [0.15, 0.2) is 0 Å². The second kappa shape index (κ2) is 6.82. The van der Waals surface area contributed by atoms with Gasteiger partial charge in [0, 0.05) is 11.4 Å². The first-order valence-corrected chi connectivity index (χ1v) is 9.05. The molecular weight excluding hydrogens is 362 g/mol. The molecule has 1 aromatic carbocycles. The zero-order chi connectivity index (χ0) is 14.6. The average Bonchev–Trinajstić information content (AvgIpc) is 2.82. The molecule has 0 saturated carbocycles. The molecule has 0 spiro atoms. The normalized spacial score (nSPS) is 11.7. The second-order valence-electron chi connectivity index (χ2n) is 4.14. The van der Waals surface area contributed by atoms with Gasteiger partial charge in [0.1, 0.15) is 4.90 Å². The van der Waals surface area contributed by atoms with Crippen molar-refractivity contribution in [2.45, 2.75) is 17.9 Å². The standard InChI is InChI=1S/C13H14BrNO3S2/c14-13-12(8-11(9-16)19-13)20(17,18)15-7-6-10-4-2-1-3-5-10/h1-5,8,15-16H,6-7,9H2. The van der Waals surface area contributed by atoms with Crippen molar-refractivity contribution in [3.05, 3.63) is 50.6 Å². The maximum atomic E-state index is 12.2. The number of hydrogen-bond acceptors (Lipinski definition) is 4. The first-order chi connectivity index (χ1) is 9.53. The Morgan fingerprint density at radius 2 is 1.95 bits per heavy atom. The molecule has 0 radical (unpaired) electrons. The van der Waals surface area contributed by atoms with Gasteiger partial charge in [0.2, 0.25) is 10.0 Å². The van der Waals surface area contributed by atoms with E-state index in [4.69, 9.17) is 5.11 Å². The van der Waals surface area contributed by atoms with Crippen molar-refractivity contribution >= 4 is 37.3 Å². The van der Waals surface area contributed by atoms with E-state index in [9.17, 15) is 8.42 Å². The minimum Gasteiger partial charge on any atom is -0.391 e. The molecule has 4 nitrogen and oxygen atoms in total. The van der Waals surface area contributed by atoms with Crippen molar-refractivity contribution in [3.8, 4) is 0 Å². The van der Waals surface area contributed by atoms with Gasteiger partial charge in [-0.15, -0.1) is 11.3 Å². The summed E-state index contributed by atoms with van der Waals surface area (Å²) >= 11 is 4.44. The van der Waals surface area contributed by atoms with E-state index in [2.05, 4.69) is 20.7 Å². The van der Waals surface area contributed by atoms with Crippen molar-refractivity contribution in [2.24, 2.45) is 0 Å². The first kappa shape index (κ1) is 15.7. The largest absolute Gasteiger partial charge is 0.391 e. The van der Waals surface area contributed by atoms with E-state index in [1.807, 2.05) is 30.3 Å². The van der Waals surface area contributed by atoms with Gasteiger partial charge in [0.25, 0.3) is 0 Å². The van der Waals surface area contributed by atoms with Crippen molar-refractivity contribution in [1.82, 2.24) is 4.72 Å². The molecule has 1 aromatic heterocycles. The van der Waals surface area contributed by atoms with Crippen LogP contribution in [0.3, 0.4) is 0 Å². The summed E-state index contributed by atoms with van der Waals surface area (Å²) in [4.78, 5) is 0.792. The quantitative estimate of drug-likeness (QED) is 0.814. The van der Waals surface area contributed by atoms with E-state index in [0.29, 0.717) is 21.6 Å². The molecule has 0 aliphatic rings.